The molecule has 1 saturated heterocycles. The molecule has 1 heterocycles. The Hall–Kier alpha value is -0.900. The molecule has 0 spiro atoms. The van der Waals surface area contributed by atoms with Gasteiger partial charge in [0.15, 0.2) is 0 Å². The van der Waals surface area contributed by atoms with Gasteiger partial charge in [-0.15, -0.1) is 0 Å². The number of hydrogen-bond acceptors (Lipinski definition) is 3. The molecule has 3 N–H and O–H groups in total. The lowest BCUT2D eigenvalue weighted by Crippen LogP contribution is -2.32. The van der Waals surface area contributed by atoms with E-state index in [1.54, 1.807) is 0 Å². The van der Waals surface area contributed by atoms with Crippen molar-refractivity contribution < 1.29 is 5.11 Å². The fraction of sp³-hybridized carbons (Fsp3) is 0.571. The molecule has 3 nitrogen and oxygen atoms in total. The summed E-state index contributed by atoms with van der Waals surface area (Å²) in [7, 11) is 2.14. The van der Waals surface area contributed by atoms with Gasteiger partial charge in [-0.05, 0) is 50.0 Å². The molecule has 3 heteroatoms. The van der Waals surface area contributed by atoms with Gasteiger partial charge in [0.1, 0.15) is 0 Å². The lowest BCUT2D eigenvalue weighted by molar-refractivity contribution is 0.0657. The van der Waals surface area contributed by atoms with Crippen LogP contribution in [0.2, 0.25) is 0 Å². The zero-order valence-electron chi connectivity index (χ0n) is 10.5. The SMILES string of the molecule is CN1CCC(C(O)c2ccc(CN)cc2)CC1. The third kappa shape index (κ3) is 3.06. The first-order valence-electron chi connectivity index (χ1n) is 6.36. The van der Waals surface area contributed by atoms with E-state index in [1.807, 2.05) is 24.3 Å². The standard InChI is InChI=1S/C14H22N2O/c1-16-8-6-13(7-9-16)14(17)12-4-2-11(10-15)3-5-12/h2-5,13-14,17H,6-10,15H2,1H3. The summed E-state index contributed by atoms with van der Waals surface area (Å²) in [6, 6.07) is 8.03. The van der Waals surface area contributed by atoms with E-state index in [2.05, 4.69) is 11.9 Å². The molecule has 1 fully saturated rings. The molecular formula is C14H22N2O. The maximum absolute atomic E-state index is 10.3. The van der Waals surface area contributed by atoms with E-state index in [9.17, 15) is 5.11 Å². The van der Waals surface area contributed by atoms with Gasteiger partial charge in [0.2, 0.25) is 0 Å². The van der Waals surface area contributed by atoms with Crippen molar-refractivity contribution in [3.8, 4) is 0 Å². The van der Waals surface area contributed by atoms with Gasteiger partial charge in [-0.3, -0.25) is 0 Å². The molecule has 0 bridgehead atoms. The van der Waals surface area contributed by atoms with Crippen LogP contribution in [0.1, 0.15) is 30.1 Å². The minimum Gasteiger partial charge on any atom is -0.388 e. The summed E-state index contributed by atoms with van der Waals surface area (Å²) in [5.74, 6) is 0.398. The Labute approximate surface area is 103 Å². The van der Waals surface area contributed by atoms with Gasteiger partial charge in [0.05, 0.1) is 6.10 Å². The van der Waals surface area contributed by atoms with Crippen molar-refractivity contribution in [3.05, 3.63) is 35.4 Å². The van der Waals surface area contributed by atoms with Crippen LogP contribution in [0.15, 0.2) is 24.3 Å². The van der Waals surface area contributed by atoms with Crippen LogP contribution in [0.3, 0.4) is 0 Å². The molecule has 0 amide bonds. The number of aliphatic hydroxyl groups excluding tert-OH is 1. The molecule has 1 unspecified atom stereocenters. The molecule has 1 aliphatic heterocycles. The summed E-state index contributed by atoms with van der Waals surface area (Å²) in [5, 5.41) is 10.3. The average Bonchev–Trinajstić information content (AvgIpc) is 2.39. The Bertz CT molecular complexity index is 342. The molecule has 1 aliphatic rings. The van der Waals surface area contributed by atoms with Crippen LogP contribution in [0.25, 0.3) is 0 Å². The monoisotopic (exact) mass is 234 g/mol. The fourth-order valence-electron chi connectivity index (χ4n) is 2.47. The second-order valence-corrected chi connectivity index (χ2v) is 5.03. The van der Waals surface area contributed by atoms with Crippen molar-refractivity contribution in [1.29, 1.82) is 0 Å². The summed E-state index contributed by atoms with van der Waals surface area (Å²) in [6.07, 6.45) is 1.84. The van der Waals surface area contributed by atoms with Crippen LogP contribution < -0.4 is 5.73 Å². The van der Waals surface area contributed by atoms with Crippen LogP contribution in [-0.2, 0) is 6.54 Å². The lowest BCUT2D eigenvalue weighted by atomic mass is 9.87. The van der Waals surface area contributed by atoms with Crippen LogP contribution in [-0.4, -0.2) is 30.1 Å². The zero-order chi connectivity index (χ0) is 12.3. The minimum atomic E-state index is -0.324. The third-order valence-corrected chi connectivity index (χ3v) is 3.77. The van der Waals surface area contributed by atoms with Gasteiger partial charge in [0, 0.05) is 6.54 Å². The van der Waals surface area contributed by atoms with Crippen LogP contribution in [0.4, 0.5) is 0 Å². The number of hydrogen-bond donors (Lipinski definition) is 2. The Morgan fingerprint density at radius 2 is 1.88 bits per heavy atom. The van der Waals surface area contributed by atoms with Crippen LogP contribution in [0, 0.1) is 5.92 Å². The zero-order valence-corrected chi connectivity index (χ0v) is 10.5. The van der Waals surface area contributed by atoms with Gasteiger partial charge in [-0.2, -0.15) is 0 Å². The number of piperidine rings is 1. The number of nitrogens with zero attached hydrogens (tertiary/aromatic N) is 1. The van der Waals surface area contributed by atoms with Crippen molar-refractivity contribution in [3.63, 3.8) is 0 Å². The molecule has 0 aromatic heterocycles. The topological polar surface area (TPSA) is 49.5 Å². The quantitative estimate of drug-likeness (QED) is 0.833. The van der Waals surface area contributed by atoms with Crippen molar-refractivity contribution in [2.24, 2.45) is 11.7 Å². The average molecular weight is 234 g/mol. The van der Waals surface area contributed by atoms with Gasteiger partial charge in [-0.1, -0.05) is 24.3 Å². The molecule has 1 atom stereocenters. The van der Waals surface area contributed by atoms with Crippen LogP contribution >= 0.6 is 0 Å². The van der Waals surface area contributed by atoms with E-state index < -0.39 is 0 Å². The van der Waals surface area contributed by atoms with Crippen LogP contribution in [0.5, 0.6) is 0 Å². The molecule has 0 saturated carbocycles. The largest absolute Gasteiger partial charge is 0.388 e. The van der Waals surface area contributed by atoms with E-state index in [-0.39, 0.29) is 6.10 Å². The maximum Gasteiger partial charge on any atom is 0.0819 e. The normalized spacial score (nSPS) is 20.4. The Balaban J connectivity index is 2.00. The van der Waals surface area contributed by atoms with Gasteiger partial charge in [0.25, 0.3) is 0 Å². The van der Waals surface area contributed by atoms with Gasteiger partial charge < -0.3 is 15.7 Å². The van der Waals surface area contributed by atoms with Crippen molar-refractivity contribution >= 4 is 0 Å². The molecule has 2 rings (SSSR count). The summed E-state index contributed by atoms with van der Waals surface area (Å²) in [6.45, 7) is 2.73. The smallest absolute Gasteiger partial charge is 0.0819 e. The number of likely N-dealkylation sites (tertiary alicyclic amines) is 1. The molecule has 0 aliphatic carbocycles. The molecule has 1 aromatic rings. The Morgan fingerprint density at radius 3 is 2.41 bits per heavy atom. The first kappa shape index (κ1) is 12.6. The molecular weight excluding hydrogens is 212 g/mol. The fourth-order valence-corrected chi connectivity index (χ4v) is 2.47. The molecule has 1 aromatic carbocycles. The molecule has 17 heavy (non-hydrogen) atoms. The third-order valence-electron chi connectivity index (χ3n) is 3.77. The van der Waals surface area contributed by atoms with E-state index in [4.69, 9.17) is 5.73 Å². The number of aliphatic hydroxyl groups is 1. The highest BCUT2D eigenvalue weighted by Gasteiger charge is 2.24. The summed E-state index contributed by atoms with van der Waals surface area (Å²) in [5.41, 5.74) is 7.71. The molecule has 94 valence electrons. The van der Waals surface area contributed by atoms with E-state index in [1.165, 1.54) is 0 Å². The number of nitrogens with two attached hydrogens (primary N) is 1. The lowest BCUT2D eigenvalue weighted by Gasteiger charge is -2.32. The number of rotatable bonds is 3. The van der Waals surface area contributed by atoms with Crippen molar-refractivity contribution in [2.75, 3.05) is 20.1 Å². The van der Waals surface area contributed by atoms with Crippen molar-refractivity contribution in [1.82, 2.24) is 4.90 Å². The highest BCUT2D eigenvalue weighted by Crippen LogP contribution is 2.30. The predicted octanol–water partition coefficient (Wildman–Crippen LogP) is 1.52. The summed E-state index contributed by atoms with van der Waals surface area (Å²) in [4.78, 5) is 2.32. The van der Waals surface area contributed by atoms with E-state index >= 15 is 0 Å². The Morgan fingerprint density at radius 1 is 1.29 bits per heavy atom. The maximum atomic E-state index is 10.3. The highest BCUT2D eigenvalue weighted by atomic mass is 16.3. The second kappa shape index (κ2) is 5.63. The summed E-state index contributed by atoms with van der Waals surface area (Å²) >= 11 is 0. The number of benzene rings is 1. The minimum absolute atomic E-state index is 0.324. The van der Waals surface area contributed by atoms with Crippen molar-refractivity contribution in [2.45, 2.75) is 25.5 Å². The first-order valence-corrected chi connectivity index (χ1v) is 6.36. The Kier molecular flexibility index (Phi) is 4.15. The second-order valence-electron chi connectivity index (χ2n) is 5.03. The van der Waals surface area contributed by atoms with E-state index in [0.717, 1.165) is 37.1 Å². The van der Waals surface area contributed by atoms with Gasteiger partial charge in [-0.25, -0.2) is 0 Å². The predicted molar refractivity (Wildman–Crippen MR) is 69.5 cm³/mol. The summed E-state index contributed by atoms with van der Waals surface area (Å²) < 4.78 is 0. The molecule has 0 radical (unpaired) electrons. The van der Waals surface area contributed by atoms with E-state index in [0.29, 0.717) is 12.5 Å². The first-order chi connectivity index (χ1) is 8.20. The van der Waals surface area contributed by atoms with Gasteiger partial charge >= 0.3 is 0 Å². The highest BCUT2D eigenvalue weighted by molar-refractivity contribution is 5.24.